The monoisotopic (exact) mass is 252 g/mol. The summed E-state index contributed by atoms with van der Waals surface area (Å²) >= 11 is 0. The minimum Gasteiger partial charge on any atom is -0.314 e. The molecule has 1 aromatic carbocycles. The number of benzene rings is 1. The molecule has 0 bridgehead atoms. The lowest BCUT2D eigenvalue weighted by Crippen LogP contribution is -2.51. The molecule has 0 spiro atoms. The van der Waals surface area contributed by atoms with Crippen molar-refractivity contribution in [1.29, 1.82) is 0 Å². The van der Waals surface area contributed by atoms with E-state index in [1.807, 2.05) is 0 Å². The van der Waals surface area contributed by atoms with Crippen molar-refractivity contribution >= 4 is 0 Å². The van der Waals surface area contributed by atoms with Crippen LogP contribution in [-0.4, -0.2) is 30.6 Å². The van der Waals surface area contributed by atoms with Crippen LogP contribution in [0.25, 0.3) is 0 Å². The van der Waals surface area contributed by atoms with Crippen LogP contribution < -0.4 is 5.32 Å². The maximum Gasteiger partial charge on any atom is 0.130 e. The summed E-state index contributed by atoms with van der Waals surface area (Å²) in [6.07, 6.45) is 2.57. The SMILES string of the molecule is Fc1ccc(CN2CCNCC2C2CC2)c(F)c1. The Bertz CT molecular complexity index is 432. The van der Waals surface area contributed by atoms with Crippen molar-refractivity contribution in [3.8, 4) is 0 Å². The molecule has 1 heterocycles. The van der Waals surface area contributed by atoms with Crippen LogP contribution in [-0.2, 0) is 6.54 Å². The van der Waals surface area contributed by atoms with E-state index >= 15 is 0 Å². The van der Waals surface area contributed by atoms with E-state index in [1.54, 1.807) is 6.07 Å². The molecule has 1 atom stereocenters. The van der Waals surface area contributed by atoms with Gasteiger partial charge in [-0.3, -0.25) is 4.90 Å². The summed E-state index contributed by atoms with van der Waals surface area (Å²) in [5, 5.41) is 3.40. The number of nitrogens with one attached hydrogen (secondary N) is 1. The van der Waals surface area contributed by atoms with Crippen LogP contribution in [0.3, 0.4) is 0 Å². The average Bonchev–Trinajstić information content (AvgIpc) is 3.17. The number of rotatable bonds is 3. The molecule has 2 nitrogen and oxygen atoms in total. The van der Waals surface area contributed by atoms with Crippen molar-refractivity contribution in [3.05, 3.63) is 35.4 Å². The molecular weight excluding hydrogens is 234 g/mol. The van der Waals surface area contributed by atoms with E-state index in [-0.39, 0.29) is 0 Å². The van der Waals surface area contributed by atoms with Crippen LogP contribution in [0, 0.1) is 17.6 Å². The first-order chi connectivity index (χ1) is 8.74. The predicted molar refractivity (Wildman–Crippen MR) is 66.1 cm³/mol. The largest absolute Gasteiger partial charge is 0.314 e. The van der Waals surface area contributed by atoms with Gasteiger partial charge in [-0.25, -0.2) is 8.78 Å². The fraction of sp³-hybridized carbons (Fsp3) is 0.571. The summed E-state index contributed by atoms with van der Waals surface area (Å²) in [6.45, 7) is 3.48. The normalized spacial score (nSPS) is 25.3. The van der Waals surface area contributed by atoms with E-state index in [0.29, 0.717) is 18.2 Å². The molecule has 1 saturated heterocycles. The third-order valence-corrected chi connectivity index (χ3v) is 3.95. The van der Waals surface area contributed by atoms with Gasteiger partial charge in [0.1, 0.15) is 11.6 Å². The number of nitrogens with zero attached hydrogens (tertiary/aromatic N) is 1. The van der Waals surface area contributed by atoms with Crippen LogP contribution >= 0.6 is 0 Å². The average molecular weight is 252 g/mol. The molecule has 18 heavy (non-hydrogen) atoms. The van der Waals surface area contributed by atoms with Gasteiger partial charge in [0.2, 0.25) is 0 Å². The second-order valence-electron chi connectivity index (χ2n) is 5.32. The summed E-state index contributed by atoms with van der Waals surface area (Å²) < 4.78 is 26.5. The molecule has 4 heteroatoms. The molecule has 1 N–H and O–H groups in total. The second kappa shape index (κ2) is 4.94. The fourth-order valence-corrected chi connectivity index (χ4v) is 2.78. The smallest absolute Gasteiger partial charge is 0.130 e. The summed E-state index contributed by atoms with van der Waals surface area (Å²) in [5.74, 6) is -0.167. The Morgan fingerprint density at radius 1 is 1.28 bits per heavy atom. The first-order valence-electron chi connectivity index (χ1n) is 6.63. The Morgan fingerprint density at radius 2 is 2.11 bits per heavy atom. The van der Waals surface area contributed by atoms with Crippen molar-refractivity contribution in [2.24, 2.45) is 5.92 Å². The molecular formula is C14H18F2N2. The third kappa shape index (κ3) is 2.54. The highest BCUT2D eigenvalue weighted by molar-refractivity contribution is 5.18. The number of halogens is 2. The van der Waals surface area contributed by atoms with Gasteiger partial charge < -0.3 is 5.32 Å². The first kappa shape index (κ1) is 12.1. The van der Waals surface area contributed by atoms with Crippen LogP contribution in [0.1, 0.15) is 18.4 Å². The lowest BCUT2D eigenvalue weighted by molar-refractivity contribution is 0.134. The highest BCUT2D eigenvalue weighted by Crippen LogP contribution is 2.36. The van der Waals surface area contributed by atoms with Crippen molar-refractivity contribution in [1.82, 2.24) is 10.2 Å². The lowest BCUT2D eigenvalue weighted by atomic mass is 10.1. The zero-order chi connectivity index (χ0) is 12.5. The summed E-state index contributed by atoms with van der Waals surface area (Å²) in [7, 11) is 0. The maximum absolute atomic E-state index is 13.7. The number of piperazine rings is 1. The third-order valence-electron chi connectivity index (χ3n) is 3.95. The van der Waals surface area contributed by atoms with E-state index in [4.69, 9.17) is 0 Å². The quantitative estimate of drug-likeness (QED) is 0.886. The van der Waals surface area contributed by atoms with E-state index in [1.165, 1.54) is 18.9 Å². The van der Waals surface area contributed by atoms with Crippen molar-refractivity contribution in [2.45, 2.75) is 25.4 Å². The van der Waals surface area contributed by atoms with E-state index < -0.39 is 11.6 Å². The molecule has 3 rings (SSSR count). The molecule has 2 aliphatic rings. The summed E-state index contributed by atoms with van der Waals surface area (Å²) in [5.41, 5.74) is 0.601. The molecule has 1 unspecified atom stereocenters. The van der Waals surface area contributed by atoms with Gasteiger partial charge in [0.15, 0.2) is 0 Å². The minimum absolute atomic E-state index is 0.428. The predicted octanol–water partition coefficient (Wildman–Crippen LogP) is 2.15. The van der Waals surface area contributed by atoms with Gasteiger partial charge in [-0.1, -0.05) is 6.07 Å². The molecule has 0 radical (unpaired) electrons. The Morgan fingerprint density at radius 3 is 2.83 bits per heavy atom. The zero-order valence-corrected chi connectivity index (χ0v) is 10.3. The van der Waals surface area contributed by atoms with Gasteiger partial charge in [0.05, 0.1) is 0 Å². The molecule has 1 aliphatic heterocycles. The van der Waals surface area contributed by atoms with Gasteiger partial charge in [-0.05, 0) is 24.8 Å². The summed E-state index contributed by atoms with van der Waals surface area (Å²) in [4.78, 5) is 2.34. The molecule has 0 aromatic heterocycles. The standard InChI is InChI=1S/C14H18F2N2/c15-12-4-3-11(13(16)7-12)9-18-6-5-17-8-14(18)10-1-2-10/h3-4,7,10,14,17H,1-2,5-6,8-9H2. The molecule has 1 saturated carbocycles. The van der Waals surface area contributed by atoms with Gasteiger partial charge in [0.25, 0.3) is 0 Å². The van der Waals surface area contributed by atoms with E-state index in [0.717, 1.165) is 31.6 Å². The van der Waals surface area contributed by atoms with Crippen LogP contribution in [0.4, 0.5) is 8.78 Å². The second-order valence-corrected chi connectivity index (χ2v) is 5.32. The van der Waals surface area contributed by atoms with E-state index in [9.17, 15) is 8.78 Å². The highest BCUT2D eigenvalue weighted by Gasteiger charge is 2.36. The minimum atomic E-state index is -0.504. The molecule has 1 aliphatic carbocycles. The Kier molecular flexibility index (Phi) is 3.31. The van der Waals surface area contributed by atoms with Crippen molar-refractivity contribution in [3.63, 3.8) is 0 Å². The Labute approximate surface area is 106 Å². The zero-order valence-electron chi connectivity index (χ0n) is 10.3. The van der Waals surface area contributed by atoms with Gasteiger partial charge in [-0.15, -0.1) is 0 Å². The van der Waals surface area contributed by atoms with Crippen molar-refractivity contribution < 1.29 is 8.78 Å². The van der Waals surface area contributed by atoms with Crippen LogP contribution in [0.15, 0.2) is 18.2 Å². The van der Waals surface area contributed by atoms with E-state index in [2.05, 4.69) is 10.2 Å². The number of hydrogen-bond donors (Lipinski definition) is 1. The van der Waals surface area contributed by atoms with Crippen LogP contribution in [0.2, 0.25) is 0 Å². The lowest BCUT2D eigenvalue weighted by Gasteiger charge is -2.36. The maximum atomic E-state index is 13.7. The van der Waals surface area contributed by atoms with Gasteiger partial charge in [-0.2, -0.15) is 0 Å². The molecule has 0 amide bonds. The van der Waals surface area contributed by atoms with Crippen LogP contribution in [0.5, 0.6) is 0 Å². The van der Waals surface area contributed by atoms with Gasteiger partial charge in [0, 0.05) is 43.9 Å². The van der Waals surface area contributed by atoms with Gasteiger partial charge >= 0.3 is 0 Å². The molecule has 2 fully saturated rings. The van der Waals surface area contributed by atoms with Crippen molar-refractivity contribution in [2.75, 3.05) is 19.6 Å². The highest BCUT2D eigenvalue weighted by atomic mass is 19.1. The molecule has 98 valence electrons. The first-order valence-corrected chi connectivity index (χ1v) is 6.63. The Hall–Kier alpha value is -1.00. The summed E-state index contributed by atoms with van der Waals surface area (Å²) in [6, 6.07) is 4.40. The fourth-order valence-electron chi connectivity index (χ4n) is 2.78. The topological polar surface area (TPSA) is 15.3 Å². The molecule has 1 aromatic rings. The number of hydrogen-bond acceptors (Lipinski definition) is 2. The Balaban J connectivity index is 1.73.